The van der Waals surface area contributed by atoms with Crippen molar-refractivity contribution in [2.45, 2.75) is 39.9 Å². The van der Waals surface area contributed by atoms with Crippen molar-refractivity contribution in [3.05, 3.63) is 58.7 Å². The Hall–Kier alpha value is -2.88. The van der Waals surface area contributed by atoms with E-state index in [2.05, 4.69) is 0 Å². The van der Waals surface area contributed by atoms with Crippen molar-refractivity contribution in [2.75, 3.05) is 0 Å². The van der Waals surface area contributed by atoms with Crippen LogP contribution in [0.15, 0.2) is 36.4 Å². The third-order valence-electron chi connectivity index (χ3n) is 4.47. The fraction of sp³-hybridized carbons (Fsp3) is 0.273. The van der Waals surface area contributed by atoms with Crippen LogP contribution in [0.3, 0.4) is 0 Å². The van der Waals surface area contributed by atoms with Gasteiger partial charge in [-0.3, -0.25) is 9.59 Å². The molecular formula is C22H20O4. The molecule has 0 saturated heterocycles. The van der Waals surface area contributed by atoms with Crippen molar-refractivity contribution in [2.24, 2.45) is 0 Å². The Kier molecular flexibility index (Phi) is 3.72. The smallest absolute Gasteiger partial charge is 0.190 e. The van der Waals surface area contributed by atoms with E-state index in [1.807, 2.05) is 39.8 Å². The number of carbonyl (C=O) groups excluding carboxylic acids is 2. The summed E-state index contributed by atoms with van der Waals surface area (Å²) in [5.41, 5.74) is 2.87. The minimum atomic E-state index is -0.106. The van der Waals surface area contributed by atoms with Crippen molar-refractivity contribution in [3.63, 3.8) is 0 Å². The van der Waals surface area contributed by atoms with Gasteiger partial charge in [-0.1, -0.05) is 0 Å². The molecule has 0 aromatic heterocycles. The van der Waals surface area contributed by atoms with Gasteiger partial charge in [0.25, 0.3) is 0 Å². The molecule has 0 atom stereocenters. The molecule has 4 rings (SSSR count). The van der Waals surface area contributed by atoms with E-state index in [-0.39, 0.29) is 23.8 Å². The van der Waals surface area contributed by atoms with Gasteiger partial charge in [-0.2, -0.15) is 0 Å². The molecule has 0 N–H and O–H groups in total. The van der Waals surface area contributed by atoms with Gasteiger partial charge in [0.2, 0.25) is 0 Å². The Morgan fingerprint density at radius 3 is 1.31 bits per heavy atom. The highest BCUT2D eigenvalue weighted by atomic mass is 16.5. The maximum atomic E-state index is 12.6. The fourth-order valence-corrected chi connectivity index (χ4v) is 3.57. The van der Waals surface area contributed by atoms with Gasteiger partial charge in [-0.25, -0.2) is 0 Å². The first kappa shape index (κ1) is 16.6. The molecule has 0 bridgehead atoms. The molecule has 0 unspecified atom stereocenters. The number of rotatable bonds is 4. The number of carbonyl (C=O) groups is 2. The van der Waals surface area contributed by atoms with E-state index in [1.165, 1.54) is 12.2 Å². The van der Waals surface area contributed by atoms with Crippen LogP contribution in [0, 0.1) is 0 Å². The molecule has 0 fully saturated rings. The molecule has 0 aliphatic heterocycles. The van der Waals surface area contributed by atoms with Gasteiger partial charge in [0.1, 0.15) is 11.5 Å². The van der Waals surface area contributed by atoms with Gasteiger partial charge in [0.15, 0.2) is 11.6 Å². The number of hydrogen-bond acceptors (Lipinski definition) is 4. The van der Waals surface area contributed by atoms with Crippen LogP contribution in [0.2, 0.25) is 0 Å². The summed E-state index contributed by atoms with van der Waals surface area (Å²) in [4.78, 5) is 25.3. The third-order valence-corrected chi connectivity index (χ3v) is 4.47. The van der Waals surface area contributed by atoms with Crippen molar-refractivity contribution in [1.29, 1.82) is 0 Å². The van der Waals surface area contributed by atoms with E-state index in [1.54, 1.807) is 12.1 Å². The molecule has 2 aliphatic rings. The zero-order valence-corrected chi connectivity index (χ0v) is 15.3. The Morgan fingerprint density at radius 1 is 0.615 bits per heavy atom. The van der Waals surface area contributed by atoms with E-state index < -0.39 is 0 Å². The third kappa shape index (κ3) is 2.45. The topological polar surface area (TPSA) is 52.6 Å². The lowest BCUT2D eigenvalue weighted by Gasteiger charge is -2.25. The molecule has 2 aromatic carbocycles. The first-order chi connectivity index (χ1) is 12.4. The predicted octanol–water partition coefficient (Wildman–Crippen LogP) is 4.76. The van der Waals surface area contributed by atoms with Crippen LogP contribution in [0.5, 0.6) is 0 Å². The monoisotopic (exact) mass is 348 g/mol. The Morgan fingerprint density at radius 2 is 0.962 bits per heavy atom. The van der Waals surface area contributed by atoms with E-state index in [0.29, 0.717) is 22.6 Å². The molecule has 0 amide bonds. The molecule has 0 radical (unpaired) electrons. The van der Waals surface area contributed by atoms with Gasteiger partial charge < -0.3 is 9.47 Å². The number of benzene rings is 2. The maximum absolute atomic E-state index is 12.6. The molecule has 0 heterocycles. The molecule has 2 aromatic rings. The second-order valence-corrected chi connectivity index (χ2v) is 7.15. The summed E-state index contributed by atoms with van der Waals surface area (Å²) < 4.78 is 11.7. The van der Waals surface area contributed by atoms with Crippen LogP contribution >= 0.6 is 0 Å². The van der Waals surface area contributed by atoms with Gasteiger partial charge >= 0.3 is 0 Å². The van der Waals surface area contributed by atoms with Crippen molar-refractivity contribution in [3.8, 4) is 0 Å². The zero-order valence-electron chi connectivity index (χ0n) is 15.3. The summed E-state index contributed by atoms with van der Waals surface area (Å²) in [7, 11) is 0. The SMILES string of the molecule is CC(C)OC1=CC(=O)c2ccc3c4c(ccc1c24)C(OC(C)C)=CC3=O. The summed E-state index contributed by atoms with van der Waals surface area (Å²) >= 11 is 0. The highest BCUT2D eigenvalue weighted by Gasteiger charge is 2.29. The number of allylic oxidation sites excluding steroid dienone is 2. The van der Waals surface area contributed by atoms with E-state index in [4.69, 9.17) is 9.47 Å². The largest absolute Gasteiger partial charge is 0.490 e. The maximum Gasteiger partial charge on any atom is 0.190 e. The van der Waals surface area contributed by atoms with Crippen LogP contribution in [-0.4, -0.2) is 23.8 Å². The van der Waals surface area contributed by atoms with E-state index >= 15 is 0 Å². The molecule has 26 heavy (non-hydrogen) atoms. The average Bonchev–Trinajstić information content (AvgIpc) is 2.56. The summed E-state index contributed by atoms with van der Waals surface area (Å²) in [5, 5.41) is 1.55. The fourth-order valence-electron chi connectivity index (χ4n) is 3.57. The molecule has 4 heteroatoms. The Labute approximate surface area is 152 Å². The van der Waals surface area contributed by atoms with Crippen molar-refractivity contribution < 1.29 is 19.1 Å². The van der Waals surface area contributed by atoms with Crippen LogP contribution in [0.25, 0.3) is 22.3 Å². The molecule has 132 valence electrons. The molecule has 0 saturated carbocycles. The predicted molar refractivity (Wildman–Crippen MR) is 101 cm³/mol. The van der Waals surface area contributed by atoms with Crippen LogP contribution in [-0.2, 0) is 9.47 Å². The molecule has 4 nitrogen and oxygen atoms in total. The second kappa shape index (κ2) is 5.84. The van der Waals surface area contributed by atoms with E-state index in [0.717, 1.165) is 21.9 Å². The minimum Gasteiger partial charge on any atom is -0.490 e. The summed E-state index contributed by atoms with van der Waals surface area (Å²) in [6.07, 6.45) is 2.96. The van der Waals surface area contributed by atoms with Gasteiger partial charge in [0.05, 0.1) is 12.2 Å². The zero-order chi connectivity index (χ0) is 18.6. The van der Waals surface area contributed by atoms with Gasteiger partial charge in [-0.15, -0.1) is 0 Å². The number of ketones is 2. The van der Waals surface area contributed by atoms with Gasteiger partial charge in [-0.05, 0) is 52.0 Å². The number of hydrogen-bond donors (Lipinski definition) is 0. The van der Waals surface area contributed by atoms with Crippen LogP contribution < -0.4 is 0 Å². The van der Waals surface area contributed by atoms with Gasteiger partial charge in [0, 0.05) is 45.2 Å². The summed E-state index contributed by atoms with van der Waals surface area (Å²) in [6.45, 7) is 7.69. The molecular weight excluding hydrogens is 328 g/mol. The van der Waals surface area contributed by atoms with Crippen LogP contribution in [0.4, 0.5) is 0 Å². The van der Waals surface area contributed by atoms with Crippen molar-refractivity contribution in [1.82, 2.24) is 0 Å². The minimum absolute atomic E-state index is 0.0530. The Balaban J connectivity index is 2.03. The normalized spacial score (nSPS) is 15.5. The lowest BCUT2D eigenvalue weighted by Crippen LogP contribution is -2.15. The lowest BCUT2D eigenvalue weighted by atomic mass is 9.83. The highest BCUT2D eigenvalue weighted by molar-refractivity contribution is 6.28. The average molecular weight is 348 g/mol. The summed E-state index contributed by atoms with van der Waals surface area (Å²) in [6, 6.07) is 7.35. The Bertz CT molecular complexity index is 940. The highest BCUT2D eigenvalue weighted by Crippen LogP contribution is 2.42. The quantitative estimate of drug-likeness (QED) is 0.799. The summed E-state index contributed by atoms with van der Waals surface area (Å²) in [5.74, 6) is 0.888. The first-order valence-electron chi connectivity index (χ1n) is 8.82. The molecule has 0 spiro atoms. The first-order valence-corrected chi connectivity index (χ1v) is 8.82. The standard InChI is InChI=1S/C22H20O4/c1-11(2)25-19-9-17(23)13-5-6-14-18(24)10-20(26-12(3)4)16-8-7-15(19)21(13)22(14)16/h5-12H,1-4H3. The lowest BCUT2D eigenvalue weighted by molar-refractivity contribution is 0.103. The van der Waals surface area contributed by atoms with Crippen LogP contribution in [0.1, 0.15) is 59.5 Å². The second-order valence-electron chi connectivity index (χ2n) is 7.15. The van der Waals surface area contributed by atoms with Crippen molar-refractivity contribution >= 4 is 33.9 Å². The molecule has 2 aliphatic carbocycles. The number of ether oxygens (including phenoxy) is 2. The van der Waals surface area contributed by atoms with E-state index in [9.17, 15) is 9.59 Å².